The molecule has 0 amide bonds. The molecule has 0 unspecified atom stereocenters. The van der Waals surface area contributed by atoms with Crippen LogP contribution in [0.3, 0.4) is 0 Å². The molecule has 1 nitrogen and oxygen atoms in total. The molecule has 1 aromatic rings. The van der Waals surface area contributed by atoms with Crippen molar-refractivity contribution in [1.82, 2.24) is 0 Å². The third kappa shape index (κ3) is 3.97. The normalized spacial score (nSPS) is 11.0. The largest absolute Gasteiger partial charge is 1.00 e. The van der Waals surface area contributed by atoms with E-state index in [4.69, 9.17) is 11.6 Å². The summed E-state index contributed by atoms with van der Waals surface area (Å²) in [4.78, 5) is 0. The number of halogens is 2. The molecule has 0 aromatic heterocycles. The molecule has 0 aliphatic rings. The molecular weight excluding hydrogens is 241 g/mol. The molecule has 0 aliphatic heterocycles. The maximum Gasteiger partial charge on any atom is 0.104 e. The van der Waals surface area contributed by atoms with Gasteiger partial charge in [0.05, 0.1) is 19.6 Å². The Balaban J connectivity index is 0.00000225. The Labute approximate surface area is 110 Å². The Morgan fingerprint density at radius 1 is 0.938 bits per heavy atom. The number of hydrogen-bond donors (Lipinski definition) is 0. The summed E-state index contributed by atoms with van der Waals surface area (Å²) in [7, 11) is 0. The Morgan fingerprint density at radius 2 is 1.38 bits per heavy atom. The van der Waals surface area contributed by atoms with Gasteiger partial charge in [0.25, 0.3) is 0 Å². The van der Waals surface area contributed by atoms with Gasteiger partial charge < -0.3 is 16.9 Å². The summed E-state index contributed by atoms with van der Waals surface area (Å²) in [6.45, 7) is 11.5. The fourth-order valence-electron chi connectivity index (χ4n) is 1.98. The SMILES string of the molecule is CC[N+](CC)(CC)Cc1ccc(Cl)cc1.[Cl-]. The van der Waals surface area contributed by atoms with Crippen molar-refractivity contribution in [3.8, 4) is 0 Å². The van der Waals surface area contributed by atoms with E-state index in [9.17, 15) is 0 Å². The van der Waals surface area contributed by atoms with Crippen LogP contribution in [0.2, 0.25) is 5.02 Å². The van der Waals surface area contributed by atoms with Crippen molar-refractivity contribution in [3.63, 3.8) is 0 Å². The minimum Gasteiger partial charge on any atom is -1.00 e. The monoisotopic (exact) mass is 261 g/mol. The van der Waals surface area contributed by atoms with Crippen LogP contribution in [-0.2, 0) is 6.54 Å². The molecule has 0 fully saturated rings. The van der Waals surface area contributed by atoms with Gasteiger partial charge in [0.15, 0.2) is 0 Å². The van der Waals surface area contributed by atoms with Crippen LogP contribution >= 0.6 is 11.6 Å². The van der Waals surface area contributed by atoms with E-state index in [-0.39, 0.29) is 12.4 Å². The average molecular weight is 262 g/mol. The lowest BCUT2D eigenvalue weighted by Gasteiger charge is -2.35. The molecule has 0 spiro atoms. The van der Waals surface area contributed by atoms with E-state index in [1.54, 1.807) is 0 Å². The lowest BCUT2D eigenvalue weighted by Crippen LogP contribution is -3.00. The Bertz CT molecular complexity index is 283. The molecular formula is C13H21Cl2N. The maximum atomic E-state index is 5.88. The standard InChI is InChI=1S/C13H21ClN.ClH/c1-4-15(5-2,6-3)11-12-7-9-13(14)10-8-12;/h7-10H,4-6,11H2,1-3H3;1H/q+1;/p-1. The number of benzene rings is 1. The molecule has 0 bridgehead atoms. The van der Waals surface area contributed by atoms with Gasteiger partial charge in [0, 0.05) is 10.6 Å². The maximum absolute atomic E-state index is 5.88. The van der Waals surface area contributed by atoms with Crippen molar-refractivity contribution >= 4 is 11.6 Å². The highest BCUT2D eigenvalue weighted by Crippen LogP contribution is 2.16. The summed E-state index contributed by atoms with van der Waals surface area (Å²) in [5.74, 6) is 0. The summed E-state index contributed by atoms with van der Waals surface area (Å²) in [5, 5.41) is 0.821. The molecule has 0 saturated heterocycles. The van der Waals surface area contributed by atoms with Gasteiger partial charge in [-0.15, -0.1) is 0 Å². The van der Waals surface area contributed by atoms with Crippen molar-refractivity contribution in [2.75, 3.05) is 19.6 Å². The van der Waals surface area contributed by atoms with Gasteiger partial charge in [-0.25, -0.2) is 0 Å². The second-order valence-electron chi connectivity index (χ2n) is 4.07. The fraction of sp³-hybridized carbons (Fsp3) is 0.538. The van der Waals surface area contributed by atoms with Crippen LogP contribution < -0.4 is 12.4 Å². The predicted molar refractivity (Wildman–Crippen MR) is 67.0 cm³/mol. The number of quaternary nitrogens is 1. The van der Waals surface area contributed by atoms with Gasteiger partial charge >= 0.3 is 0 Å². The molecule has 0 saturated carbocycles. The molecule has 3 heteroatoms. The second-order valence-corrected chi connectivity index (χ2v) is 4.51. The van der Waals surface area contributed by atoms with Crippen molar-refractivity contribution in [2.45, 2.75) is 27.3 Å². The molecule has 0 aliphatic carbocycles. The van der Waals surface area contributed by atoms with Crippen molar-refractivity contribution in [3.05, 3.63) is 34.9 Å². The second kappa shape index (κ2) is 7.16. The molecule has 1 aromatic carbocycles. The highest BCUT2D eigenvalue weighted by atomic mass is 35.5. The minimum atomic E-state index is 0. The van der Waals surface area contributed by atoms with Gasteiger partial charge in [-0.2, -0.15) is 0 Å². The molecule has 0 radical (unpaired) electrons. The van der Waals surface area contributed by atoms with Gasteiger partial charge in [-0.3, -0.25) is 0 Å². The number of rotatable bonds is 5. The first kappa shape index (κ1) is 15.8. The van der Waals surface area contributed by atoms with E-state index in [2.05, 4.69) is 32.9 Å². The van der Waals surface area contributed by atoms with Gasteiger partial charge in [-0.05, 0) is 32.9 Å². The summed E-state index contributed by atoms with van der Waals surface area (Å²) in [6.07, 6.45) is 0. The summed E-state index contributed by atoms with van der Waals surface area (Å²) >= 11 is 5.88. The van der Waals surface area contributed by atoms with Crippen molar-refractivity contribution < 1.29 is 16.9 Å². The van der Waals surface area contributed by atoms with Crippen molar-refractivity contribution in [2.24, 2.45) is 0 Å². The highest BCUT2D eigenvalue weighted by Gasteiger charge is 2.20. The van der Waals surface area contributed by atoms with E-state index in [0.717, 1.165) is 16.1 Å². The van der Waals surface area contributed by atoms with Crippen LogP contribution in [0.4, 0.5) is 0 Å². The van der Waals surface area contributed by atoms with Gasteiger partial charge in [0.1, 0.15) is 6.54 Å². The van der Waals surface area contributed by atoms with E-state index in [1.165, 1.54) is 25.2 Å². The zero-order valence-electron chi connectivity index (χ0n) is 10.3. The van der Waals surface area contributed by atoms with Gasteiger partial charge in [0.2, 0.25) is 0 Å². The molecule has 0 heterocycles. The van der Waals surface area contributed by atoms with Gasteiger partial charge in [-0.1, -0.05) is 23.7 Å². The topological polar surface area (TPSA) is 0 Å². The quantitative estimate of drug-likeness (QED) is 0.686. The van der Waals surface area contributed by atoms with Crippen LogP contribution in [0.5, 0.6) is 0 Å². The lowest BCUT2D eigenvalue weighted by molar-refractivity contribution is -0.936. The predicted octanol–water partition coefficient (Wildman–Crippen LogP) is 0.720. The summed E-state index contributed by atoms with van der Waals surface area (Å²) < 4.78 is 1.15. The van der Waals surface area contributed by atoms with Crippen molar-refractivity contribution in [1.29, 1.82) is 0 Å². The Kier molecular flexibility index (Phi) is 7.05. The van der Waals surface area contributed by atoms with E-state index < -0.39 is 0 Å². The molecule has 0 N–H and O–H groups in total. The molecule has 1 rings (SSSR count). The first-order valence-electron chi connectivity index (χ1n) is 5.75. The van der Waals surface area contributed by atoms with Crippen LogP contribution in [0.1, 0.15) is 26.3 Å². The summed E-state index contributed by atoms with van der Waals surface area (Å²) in [5.41, 5.74) is 1.38. The number of nitrogens with zero attached hydrogens (tertiary/aromatic N) is 1. The smallest absolute Gasteiger partial charge is 0.104 e. The third-order valence-electron chi connectivity index (χ3n) is 3.44. The first-order chi connectivity index (χ1) is 7.15. The fourth-order valence-corrected chi connectivity index (χ4v) is 2.11. The van der Waals surface area contributed by atoms with Crippen LogP contribution in [0.15, 0.2) is 24.3 Å². The molecule has 16 heavy (non-hydrogen) atoms. The Morgan fingerprint density at radius 3 is 1.75 bits per heavy atom. The highest BCUT2D eigenvalue weighted by molar-refractivity contribution is 6.30. The van der Waals surface area contributed by atoms with Crippen LogP contribution in [0.25, 0.3) is 0 Å². The number of hydrogen-bond acceptors (Lipinski definition) is 0. The molecule has 0 atom stereocenters. The van der Waals surface area contributed by atoms with Crippen LogP contribution in [-0.4, -0.2) is 24.1 Å². The minimum absolute atomic E-state index is 0. The lowest BCUT2D eigenvalue weighted by atomic mass is 10.2. The third-order valence-corrected chi connectivity index (χ3v) is 3.70. The Hall–Kier alpha value is -0.240. The first-order valence-corrected chi connectivity index (χ1v) is 6.13. The zero-order valence-corrected chi connectivity index (χ0v) is 11.9. The molecule has 92 valence electrons. The van der Waals surface area contributed by atoms with E-state index in [1.807, 2.05) is 12.1 Å². The zero-order chi connectivity index (χ0) is 11.3. The van der Waals surface area contributed by atoms with E-state index in [0.29, 0.717) is 0 Å². The average Bonchev–Trinajstić information content (AvgIpc) is 2.29. The van der Waals surface area contributed by atoms with Crippen LogP contribution in [0, 0.1) is 0 Å². The van der Waals surface area contributed by atoms with E-state index >= 15 is 0 Å². The summed E-state index contributed by atoms with van der Waals surface area (Å²) in [6, 6.07) is 8.23.